The molecule has 0 bridgehead atoms. The van der Waals surface area contributed by atoms with Gasteiger partial charge in [0.25, 0.3) is 5.91 Å². The van der Waals surface area contributed by atoms with Gasteiger partial charge >= 0.3 is 6.18 Å². The van der Waals surface area contributed by atoms with Gasteiger partial charge in [-0.25, -0.2) is 19.3 Å². The summed E-state index contributed by atoms with van der Waals surface area (Å²) in [5, 5.41) is 6.00. The first kappa shape index (κ1) is 21.7. The van der Waals surface area contributed by atoms with Crippen LogP contribution in [0.4, 0.5) is 23.4 Å². The number of amides is 1. The van der Waals surface area contributed by atoms with E-state index < -0.39 is 23.5 Å². The highest BCUT2D eigenvalue weighted by Gasteiger charge is 2.32. The lowest BCUT2D eigenvalue weighted by molar-refractivity contribution is -0.137. The summed E-state index contributed by atoms with van der Waals surface area (Å²) in [6.07, 6.45) is 1.54. The minimum absolute atomic E-state index is 0.106. The van der Waals surface area contributed by atoms with Gasteiger partial charge in [-0.2, -0.15) is 13.2 Å². The van der Waals surface area contributed by atoms with E-state index in [-0.39, 0.29) is 23.5 Å². The van der Waals surface area contributed by atoms with E-state index in [2.05, 4.69) is 25.6 Å². The average molecular weight is 445 g/mol. The number of hydrogen-bond acceptors (Lipinski definition) is 5. The molecule has 0 unspecified atom stereocenters. The lowest BCUT2D eigenvalue weighted by Crippen LogP contribution is -2.43. The molecule has 2 atom stereocenters. The molecule has 0 radical (unpaired) electrons. The third-order valence-corrected chi connectivity index (χ3v) is 5.29. The monoisotopic (exact) mass is 445 g/mol. The van der Waals surface area contributed by atoms with Crippen molar-refractivity contribution in [2.75, 3.05) is 5.32 Å². The first-order valence-corrected chi connectivity index (χ1v) is 9.99. The van der Waals surface area contributed by atoms with Crippen molar-refractivity contribution < 1.29 is 22.4 Å². The van der Waals surface area contributed by atoms with Gasteiger partial charge in [0.1, 0.15) is 11.6 Å². The predicted octanol–water partition coefficient (Wildman–Crippen LogP) is 4.46. The van der Waals surface area contributed by atoms with E-state index in [1.807, 2.05) is 0 Å². The fraction of sp³-hybridized carbons (Fsp3) is 0.273. The third-order valence-electron chi connectivity index (χ3n) is 5.29. The molecule has 1 amide bonds. The molecule has 2 N–H and O–H groups in total. The zero-order valence-corrected chi connectivity index (χ0v) is 16.7. The van der Waals surface area contributed by atoms with Gasteiger partial charge in [-0.15, -0.1) is 0 Å². The van der Waals surface area contributed by atoms with Crippen LogP contribution in [0.2, 0.25) is 0 Å². The Kier molecular flexibility index (Phi) is 6.02. The fourth-order valence-electron chi connectivity index (χ4n) is 3.73. The second-order valence-corrected chi connectivity index (χ2v) is 7.45. The number of nitrogens with one attached hydrogen (secondary N) is 2. The number of anilines is 1. The Morgan fingerprint density at radius 1 is 1.00 bits per heavy atom. The first-order chi connectivity index (χ1) is 15.3. The minimum Gasteiger partial charge on any atom is -0.365 e. The number of rotatable bonds is 5. The minimum atomic E-state index is -4.46. The van der Waals surface area contributed by atoms with Gasteiger partial charge in [-0.05, 0) is 55.7 Å². The van der Waals surface area contributed by atoms with E-state index in [1.165, 1.54) is 30.6 Å². The molecule has 4 rings (SSSR count). The number of carbonyl (C=O) groups is 1. The molecular weight excluding hydrogens is 426 g/mol. The number of nitrogens with zero attached hydrogens (tertiary/aromatic N) is 3. The van der Waals surface area contributed by atoms with E-state index in [4.69, 9.17) is 0 Å². The average Bonchev–Trinajstić information content (AvgIpc) is 3.20. The molecule has 32 heavy (non-hydrogen) atoms. The number of halogens is 4. The summed E-state index contributed by atoms with van der Waals surface area (Å²) in [6, 6.07) is 7.14. The second-order valence-electron chi connectivity index (χ2n) is 7.45. The number of carbonyl (C=O) groups excluding carboxylic acids is 1. The van der Waals surface area contributed by atoms with Gasteiger partial charge in [0.2, 0.25) is 0 Å². The standard InChI is InChI=1S/C22H19F4N5O/c23-14-6-7-15(20-27-9-2-10-28-20)16(11-14)21(32)31-18-4-1-3-17(18)30-19-8-5-13(12-29-19)22(24,25)26/h2,5-12,17-18H,1,3-4H2,(H,29,30)(H,31,32)/t17-,18+/m0/s1. The van der Waals surface area contributed by atoms with E-state index in [0.29, 0.717) is 24.2 Å². The zero-order chi connectivity index (χ0) is 22.7. The van der Waals surface area contributed by atoms with Crippen molar-refractivity contribution in [3.05, 3.63) is 71.9 Å². The van der Waals surface area contributed by atoms with Crippen molar-refractivity contribution in [1.29, 1.82) is 0 Å². The van der Waals surface area contributed by atoms with Crippen molar-refractivity contribution in [3.63, 3.8) is 0 Å². The van der Waals surface area contributed by atoms with E-state index in [1.54, 1.807) is 6.07 Å². The zero-order valence-electron chi connectivity index (χ0n) is 16.7. The molecule has 166 valence electrons. The van der Waals surface area contributed by atoms with Gasteiger partial charge in [0.15, 0.2) is 5.82 Å². The lowest BCUT2D eigenvalue weighted by atomic mass is 10.0. The number of benzene rings is 1. The summed E-state index contributed by atoms with van der Waals surface area (Å²) in [5.41, 5.74) is -0.327. The van der Waals surface area contributed by atoms with Crippen LogP contribution in [0.3, 0.4) is 0 Å². The summed E-state index contributed by atoms with van der Waals surface area (Å²) in [6.45, 7) is 0. The lowest BCUT2D eigenvalue weighted by Gasteiger charge is -2.23. The van der Waals surface area contributed by atoms with Crippen LogP contribution in [0, 0.1) is 5.82 Å². The first-order valence-electron chi connectivity index (χ1n) is 9.99. The van der Waals surface area contributed by atoms with E-state index in [0.717, 1.165) is 24.8 Å². The summed E-state index contributed by atoms with van der Waals surface area (Å²) in [7, 11) is 0. The van der Waals surface area contributed by atoms with Gasteiger partial charge < -0.3 is 10.6 Å². The molecule has 1 fully saturated rings. The van der Waals surface area contributed by atoms with Gasteiger partial charge in [0.05, 0.1) is 11.1 Å². The summed E-state index contributed by atoms with van der Waals surface area (Å²) >= 11 is 0. The van der Waals surface area contributed by atoms with Crippen molar-refractivity contribution in [2.24, 2.45) is 0 Å². The van der Waals surface area contributed by atoms with Crippen LogP contribution in [0.1, 0.15) is 35.2 Å². The van der Waals surface area contributed by atoms with Crippen LogP contribution in [-0.4, -0.2) is 32.9 Å². The molecule has 10 heteroatoms. The molecule has 0 saturated heterocycles. The molecule has 0 spiro atoms. The number of aromatic nitrogens is 3. The summed E-state index contributed by atoms with van der Waals surface area (Å²) in [4.78, 5) is 25.1. The normalized spacial score (nSPS) is 18.4. The Hall–Kier alpha value is -3.56. The van der Waals surface area contributed by atoms with Crippen LogP contribution in [0.15, 0.2) is 55.0 Å². The van der Waals surface area contributed by atoms with E-state index >= 15 is 0 Å². The van der Waals surface area contributed by atoms with Crippen LogP contribution < -0.4 is 10.6 Å². The Balaban J connectivity index is 1.49. The summed E-state index contributed by atoms with van der Waals surface area (Å²) in [5.74, 6) is -0.461. The van der Waals surface area contributed by atoms with Crippen molar-refractivity contribution >= 4 is 11.7 Å². The molecule has 6 nitrogen and oxygen atoms in total. The van der Waals surface area contributed by atoms with Gasteiger partial charge in [-0.3, -0.25) is 4.79 Å². The molecule has 1 aromatic carbocycles. The van der Waals surface area contributed by atoms with Crippen molar-refractivity contribution in [3.8, 4) is 11.4 Å². The van der Waals surface area contributed by atoms with Crippen LogP contribution in [0.25, 0.3) is 11.4 Å². The third kappa shape index (κ3) is 4.84. The van der Waals surface area contributed by atoms with E-state index in [9.17, 15) is 22.4 Å². The van der Waals surface area contributed by atoms with Crippen LogP contribution in [-0.2, 0) is 6.18 Å². The Morgan fingerprint density at radius 2 is 1.75 bits per heavy atom. The SMILES string of the molecule is O=C(N[C@@H]1CCC[C@@H]1Nc1ccc(C(F)(F)F)cn1)c1cc(F)ccc1-c1ncccn1. The largest absolute Gasteiger partial charge is 0.417 e. The van der Waals surface area contributed by atoms with Gasteiger partial charge in [0, 0.05) is 36.2 Å². The maximum atomic E-state index is 13.9. The molecule has 3 aromatic rings. The summed E-state index contributed by atoms with van der Waals surface area (Å²) < 4.78 is 52.1. The topological polar surface area (TPSA) is 79.8 Å². The molecular formula is C22H19F4N5O. The highest BCUT2D eigenvalue weighted by atomic mass is 19.4. The second kappa shape index (κ2) is 8.89. The van der Waals surface area contributed by atoms with Gasteiger partial charge in [-0.1, -0.05) is 0 Å². The molecule has 0 aliphatic heterocycles. The highest BCUT2D eigenvalue weighted by Crippen LogP contribution is 2.30. The predicted molar refractivity (Wildman–Crippen MR) is 109 cm³/mol. The fourth-order valence-corrected chi connectivity index (χ4v) is 3.73. The molecule has 2 heterocycles. The number of alkyl halides is 3. The smallest absolute Gasteiger partial charge is 0.365 e. The Labute approximate surface area is 181 Å². The molecule has 1 saturated carbocycles. The molecule has 1 aliphatic carbocycles. The highest BCUT2D eigenvalue weighted by molar-refractivity contribution is 6.00. The quantitative estimate of drug-likeness (QED) is 0.567. The maximum Gasteiger partial charge on any atom is 0.417 e. The van der Waals surface area contributed by atoms with Crippen molar-refractivity contribution in [1.82, 2.24) is 20.3 Å². The number of pyridine rings is 1. The molecule has 1 aliphatic rings. The maximum absolute atomic E-state index is 13.9. The van der Waals surface area contributed by atoms with Crippen molar-refractivity contribution in [2.45, 2.75) is 37.5 Å². The Morgan fingerprint density at radius 3 is 2.44 bits per heavy atom. The molecule has 2 aromatic heterocycles. The van der Waals surface area contributed by atoms with Crippen LogP contribution >= 0.6 is 0 Å². The van der Waals surface area contributed by atoms with Crippen LogP contribution in [0.5, 0.6) is 0 Å². The number of hydrogen-bond donors (Lipinski definition) is 2. The Bertz CT molecular complexity index is 1090.